The molecular weight excluding hydrogens is 279 g/mol. The summed E-state index contributed by atoms with van der Waals surface area (Å²) in [5, 5.41) is 8.07. The number of rotatable bonds is 3. The quantitative estimate of drug-likeness (QED) is 0.800. The van der Waals surface area contributed by atoms with Crippen LogP contribution in [0.2, 0.25) is 5.02 Å². The number of halogens is 2. The van der Waals surface area contributed by atoms with Crippen molar-refractivity contribution in [2.75, 3.05) is 5.32 Å². The van der Waals surface area contributed by atoms with Gasteiger partial charge in [0.1, 0.15) is 5.82 Å². The molecule has 2 heterocycles. The van der Waals surface area contributed by atoms with E-state index in [-0.39, 0.29) is 11.9 Å². The summed E-state index contributed by atoms with van der Waals surface area (Å²) in [6, 6.07) is 9.87. The molecule has 0 amide bonds. The Balaban J connectivity index is 1.83. The number of nitrogens with one attached hydrogen (secondary N) is 1. The molecule has 0 saturated heterocycles. The van der Waals surface area contributed by atoms with Crippen LogP contribution in [0.4, 0.5) is 10.3 Å². The van der Waals surface area contributed by atoms with Gasteiger partial charge in [-0.3, -0.25) is 0 Å². The van der Waals surface area contributed by atoms with Crippen LogP contribution in [0.1, 0.15) is 18.5 Å². The number of aromatic nitrogens is 3. The number of benzene rings is 1. The van der Waals surface area contributed by atoms with E-state index in [9.17, 15) is 4.39 Å². The first-order valence-corrected chi connectivity index (χ1v) is 6.53. The maximum atomic E-state index is 12.9. The van der Waals surface area contributed by atoms with Gasteiger partial charge in [0.05, 0.1) is 11.1 Å². The van der Waals surface area contributed by atoms with Crippen molar-refractivity contribution in [2.24, 2.45) is 0 Å². The summed E-state index contributed by atoms with van der Waals surface area (Å²) in [6.45, 7) is 1.96. The topological polar surface area (TPSA) is 42.2 Å². The average Bonchev–Trinajstić information content (AvgIpc) is 2.80. The Kier molecular flexibility index (Phi) is 3.28. The number of hydrogen-bond acceptors (Lipinski definition) is 3. The Hall–Kier alpha value is -2.14. The molecule has 6 heteroatoms. The van der Waals surface area contributed by atoms with Crippen molar-refractivity contribution in [3.8, 4) is 0 Å². The normalized spacial score (nSPS) is 12.6. The van der Waals surface area contributed by atoms with Crippen LogP contribution in [-0.4, -0.2) is 14.6 Å². The highest BCUT2D eigenvalue weighted by molar-refractivity contribution is 6.30. The van der Waals surface area contributed by atoms with Gasteiger partial charge in [0.2, 0.25) is 5.95 Å². The summed E-state index contributed by atoms with van der Waals surface area (Å²) in [7, 11) is 0. The summed E-state index contributed by atoms with van der Waals surface area (Å²) in [5.74, 6) is 0.255. The minimum atomic E-state index is -0.249. The zero-order valence-electron chi connectivity index (χ0n) is 10.7. The SMILES string of the molecule is CC(Nc1nc2ccc(Cl)cn2n1)c1ccc(F)cc1. The molecule has 0 saturated carbocycles. The lowest BCUT2D eigenvalue weighted by molar-refractivity contribution is 0.626. The van der Waals surface area contributed by atoms with E-state index in [0.29, 0.717) is 16.6 Å². The third kappa shape index (κ3) is 2.58. The number of hydrogen-bond donors (Lipinski definition) is 1. The third-order valence-electron chi connectivity index (χ3n) is 3.01. The number of pyridine rings is 1. The summed E-state index contributed by atoms with van der Waals surface area (Å²) in [4.78, 5) is 4.34. The average molecular weight is 291 g/mol. The van der Waals surface area contributed by atoms with E-state index in [4.69, 9.17) is 11.6 Å². The summed E-state index contributed by atoms with van der Waals surface area (Å²) in [5.41, 5.74) is 1.67. The van der Waals surface area contributed by atoms with Crippen LogP contribution >= 0.6 is 11.6 Å². The Bertz CT molecular complexity index is 739. The fraction of sp³-hybridized carbons (Fsp3) is 0.143. The van der Waals surface area contributed by atoms with Gasteiger partial charge in [-0.15, -0.1) is 5.10 Å². The van der Waals surface area contributed by atoms with Crippen LogP contribution in [-0.2, 0) is 0 Å². The molecule has 0 aliphatic rings. The Labute approximate surface area is 120 Å². The van der Waals surface area contributed by atoms with E-state index in [1.165, 1.54) is 12.1 Å². The molecule has 1 atom stereocenters. The predicted octanol–water partition coefficient (Wildman–Crippen LogP) is 3.69. The number of nitrogens with zero attached hydrogens (tertiary/aromatic N) is 3. The van der Waals surface area contributed by atoms with Crippen LogP contribution < -0.4 is 5.32 Å². The molecule has 0 fully saturated rings. The second kappa shape index (κ2) is 5.09. The van der Waals surface area contributed by atoms with Crippen molar-refractivity contribution in [3.63, 3.8) is 0 Å². The van der Waals surface area contributed by atoms with E-state index in [1.807, 2.05) is 6.92 Å². The van der Waals surface area contributed by atoms with Crippen molar-refractivity contribution in [3.05, 3.63) is 59.0 Å². The molecule has 3 rings (SSSR count). The molecule has 0 aliphatic carbocycles. The molecule has 1 N–H and O–H groups in total. The molecule has 1 aromatic carbocycles. The Morgan fingerprint density at radius 3 is 2.70 bits per heavy atom. The predicted molar refractivity (Wildman–Crippen MR) is 76.4 cm³/mol. The second-order valence-electron chi connectivity index (χ2n) is 4.50. The number of anilines is 1. The molecule has 4 nitrogen and oxygen atoms in total. The van der Waals surface area contributed by atoms with E-state index in [1.54, 1.807) is 35.0 Å². The maximum Gasteiger partial charge on any atom is 0.243 e. The van der Waals surface area contributed by atoms with E-state index in [0.717, 1.165) is 5.56 Å². The van der Waals surface area contributed by atoms with Crippen molar-refractivity contribution in [1.29, 1.82) is 0 Å². The van der Waals surface area contributed by atoms with Gasteiger partial charge in [0, 0.05) is 6.20 Å². The molecule has 2 aromatic heterocycles. The first-order valence-electron chi connectivity index (χ1n) is 6.16. The van der Waals surface area contributed by atoms with E-state index >= 15 is 0 Å². The highest BCUT2D eigenvalue weighted by atomic mass is 35.5. The summed E-state index contributed by atoms with van der Waals surface area (Å²) < 4.78 is 14.5. The van der Waals surface area contributed by atoms with Gasteiger partial charge in [-0.2, -0.15) is 4.98 Å². The van der Waals surface area contributed by atoms with Crippen molar-refractivity contribution in [2.45, 2.75) is 13.0 Å². The Morgan fingerprint density at radius 1 is 1.20 bits per heavy atom. The molecule has 20 heavy (non-hydrogen) atoms. The molecule has 0 bridgehead atoms. The van der Waals surface area contributed by atoms with Crippen molar-refractivity contribution in [1.82, 2.24) is 14.6 Å². The van der Waals surface area contributed by atoms with Crippen LogP contribution in [0.25, 0.3) is 5.65 Å². The van der Waals surface area contributed by atoms with Gasteiger partial charge in [-0.25, -0.2) is 8.91 Å². The van der Waals surface area contributed by atoms with Crippen molar-refractivity contribution >= 4 is 23.2 Å². The summed E-state index contributed by atoms with van der Waals surface area (Å²) in [6.07, 6.45) is 1.69. The first kappa shape index (κ1) is 12.9. The lowest BCUT2D eigenvalue weighted by Crippen LogP contribution is -2.07. The fourth-order valence-corrected chi connectivity index (χ4v) is 2.10. The van der Waals surface area contributed by atoms with Gasteiger partial charge in [-0.1, -0.05) is 23.7 Å². The lowest BCUT2D eigenvalue weighted by atomic mass is 10.1. The molecule has 102 valence electrons. The summed E-state index contributed by atoms with van der Waals surface area (Å²) >= 11 is 5.90. The van der Waals surface area contributed by atoms with Crippen LogP contribution in [0.3, 0.4) is 0 Å². The molecule has 0 spiro atoms. The smallest absolute Gasteiger partial charge is 0.243 e. The minimum Gasteiger partial charge on any atom is -0.346 e. The highest BCUT2D eigenvalue weighted by Gasteiger charge is 2.09. The molecule has 0 radical (unpaired) electrons. The number of fused-ring (bicyclic) bond motifs is 1. The van der Waals surface area contributed by atoms with Crippen molar-refractivity contribution < 1.29 is 4.39 Å². The zero-order chi connectivity index (χ0) is 14.1. The minimum absolute atomic E-state index is 0.0246. The van der Waals surface area contributed by atoms with E-state index in [2.05, 4.69) is 15.4 Å². The zero-order valence-corrected chi connectivity index (χ0v) is 11.5. The monoisotopic (exact) mass is 290 g/mol. The van der Waals surface area contributed by atoms with E-state index < -0.39 is 0 Å². The molecule has 3 aromatic rings. The van der Waals surface area contributed by atoms with Crippen LogP contribution in [0.15, 0.2) is 42.6 Å². The van der Waals surface area contributed by atoms with Gasteiger partial charge in [0.15, 0.2) is 5.65 Å². The van der Waals surface area contributed by atoms with Gasteiger partial charge < -0.3 is 5.32 Å². The van der Waals surface area contributed by atoms with Gasteiger partial charge in [0.25, 0.3) is 0 Å². The molecule has 1 unspecified atom stereocenters. The van der Waals surface area contributed by atoms with Crippen LogP contribution in [0.5, 0.6) is 0 Å². The first-order chi connectivity index (χ1) is 9.61. The molecular formula is C14H12ClFN4. The Morgan fingerprint density at radius 2 is 1.95 bits per heavy atom. The largest absolute Gasteiger partial charge is 0.346 e. The lowest BCUT2D eigenvalue weighted by Gasteiger charge is -2.12. The second-order valence-corrected chi connectivity index (χ2v) is 4.94. The standard InChI is InChI=1S/C14H12ClFN4/c1-9(10-2-5-12(16)6-3-10)17-14-18-13-7-4-11(15)8-20(13)19-14/h2-9H,1H3,(H,17,19). The highest BCUT2D eigenvalue weighted by Crippen LogP contribution is 2.18. The molecule has 0 aliphatic heterocycles. The third-order valence-corrected chi connectivity index (χ3v) is 3.23. The van der Waals surface area contributed by atoms with Gasteiger partial charge in [-0.05, 0) is 36.8 Å². The fourth-order valence-electron chi connectivity index (χ4n) is 1.95. The van der Waals surface area contributed by atoms with Crippen LogP contribution in [0, 0.1) is 5.82 Å². The maximum absolute atomic E-state index is 12.9. The van der Waals surface area contributed by atoms with Gasteiger partial charge >= 0.3 is 0 Å².